The minimum Gasteiger partial charge on any atom is -0.363 e. The first-order valence-corrected chi connectivity index (χ1v) is 11.6. The first-order chi connectivity index (χ1) is 16.3. The molecule has 0 spiro atoms. The number of benzene rings is 1. The molecule has 0 saturated carbocycles. The number of allylic oxidation sites excluding steroid dienone is 4. The van der Waals surface area contributed by atoms with Crippen LogP contribution < -0.4 is 5.32 Å². The number of likely N-dealkylation sites (tertiary alicyclic amines) is 1. The van der Waals surface area contributed by atoms with Gasteiger partial charge in [0.1, 0.15) is 17.2 Å². The maximum Gasteiger partial charge on any atom is 0.410 e. The highest BCUT2D eigenvalue weighted by Gasteiger charge is 2.47. The van der Waals surface area contributed by atoms with Gasteiger partial charge in [-0.3, -0.25) is 4.79 Å². The van der Waals surface area contributed by atoms with Gasteiger partial charge in [0, 0.05) is 25.9 Å². The zero-order chi connectivity index (χ0) is 23.9. The van der Waals surface area contributed by atoms with E-state index in [0.29, 0.717) is 25.9 Å². The molecule has 3 unspecified atom stereocenters. The number of rotatable bonds is 4. The summed E-state index contributed by atoms with van der Waals surface area (Å²) < 4.78 is 55.9. The minimum atomic E-state index is -4.49. The molecule has 1 aromatic carbocycles. The molecule has 5 rings (SSSR count). The standard InChI is InChI=1S/C25H26F4N4O/c26-19-8-6-16(7-9-19)12-17-10-11-32(15-17)24(34)20-14-30-33-22(25(27,28)29)13-21(31-23(20)33)18-4-2-1-3-5-18/h1-6,8,14,17,21-22,31H,7,9-13,15H2. The van der Waals surface area contributed by atoms with Gasteiger partial charge < -0.3 is 10.2 Å². The molecule has 180 valence electrons. The van der Waals surface area contributed by atoms with E-state index in [1.54, 1.807) is 29.2 Å². The van der Waals surface area contributed by atoms with E-state index in [1.807, 2.05) is 12.1 Å². The van der Waals surface area contributed by atoms with Crippen molar-refractivity contribution in [3.05, 3.63) is 71.2 Å². The number of carbonyl (C=O) groups is 1. The van der Waals surface area contributed by atoms with Crippen LogP contribution in [0.2, 0.25) is 0 Å². The Morgan fingerprint density at radius 2 is 1.94 bits per heavy atom. The van der Waals surface area contributed by atoms with Gasteiger partial charge in [0.05, 0.1) is 12.2 Å². The molecular formula is C25H26F4N4O. The number of halogens is 4. The van der Waals surface area contributed by atoms with E-state index in [4.69, 9.17) is 0 Å². The second-order valence-electron chi connectivity index (χ2n) is 9.30. The first-order valence-electron chi connectivity index (χ1n) is 11.6. The molecule has 1 saturated heterocycles. The number of nitrogens with zero attached hydrogens (tertiary/aromatic N) is 3. The lowest BCUT2D eigenvalue weighted by atomic mass is 9.93. The highest BCUT2D eigenvalue weighted by atomic mass is 19.4. The van der Waals surface area contributed by atoms with Crippen molar-refractivity contribution in [1.82, 2.24) is 14.7 Å². The molecule has 2 aromatic rings. The largest absolute Gasteiger partial charge is 0.410 e. The fourth-order valence-electron chi connectivity index (χ4n) is 5.17. The summed E-state index contributed by atoms with van der Waals surface area (Å²) in [6.45, 7) is 1.06. The average Bonchev–Trinajstić information content (AvgIpc) is 3.47. The molecule has 1 amide bonds. The molecule has 3 atom stereocenters. The number of nitrogens with one attached hydrogen (secondary N) is 1. The predicted octanol–water partition coefficient (Wildman–Crippen LogP) is 5.97. The van der Waals surface area contributed by atoms with Crippen LogP contribution >= 0.6 is 0 Å². The second-order valence-corrected chi connectivity index (χ2v) is 9.30. The smallest absolute Gasteiger partial charge is 0.363 e. The third kappa shape index (κ3) is 4.48. The average molecular weight is 475 g/mol. The molecule has 1 N–H and O–H groups in total. The predicted molar refractivity (Wildman–Crippen MR) is 120 cm³/mol. The first kappa shape index (κ1) is 22.7. The molecule has 34 heavy (non-hydrogen) atoms. The molecule has 3 aliphatic rings. The number of hydrogen-bond donors (Lipinski definition) is 1. The molecule has 1 aliphatic carbocycles. The summed E-state index contributed by atoms with van der Waals surface area (Å²) in [5, 5.41) is 7.13. The molecule has 0 bridgehead atoms. The number of fused-ring (bicyclic) bond motifs is 1. The normalized spacial score (nSPS) is 24.8. The third-order valence-corrected chi connectivity index (χ3v) is 6.98. The summed E-state index contributed by atoms with van der Waals surface area (Å²) >= 11 is 0. The zero-order valence-corrected chi connectivity index (χ0v) is 18.6. The quantitative estimate of drug-likeness (QED) is 0.556. The van der Waals surface area contributed by atoms with Crippen LogP contribution in [0.25, 0.3) is 0 Å². The van der Waals surface area contributed by atoms with Crippen LogP contribution in [0.3, 0.4) is 0 Å². The van der Waals surface area contributed by atoms with Crippen LogP contribution in [0.1, 0.15) is 60.1 Å². The van der Waals surface area contributed by atoms with Crippen molar-refractivity contribution in [3.63, 3.8) is 0 Å². The van der Waals surface area contributed by atoms with Gasteiger partial charge in [0.25, 0.3) is 5.91 Å². The van der Waals surface area contributed by atoms with Gasteiger partial charge in [-0.25, -0.2) is 9.07 Å². The lowest BCUT2D eigenvalue weighted by Crippen LogP contribution is -2.37. The third-order valence-electron chi connectivity index (χ3n) is 6.98. The van der Waals surface area contributed by atoms with Crippen LogP contribution in [-0.2, 0) is 0 Å². The molecule has 0 radical (unpaired) electrons. The van der Waals surface area contributed by atoms with Crippen molar-refractivity contribution in [1.29, 1.82) is 0 Å². The van der Waals surface area contributed by atoms with E-state index in [-0.39, 0.29) is 35.5 Å². The lowest BCUT2D eigenvalue weighted by Gasteiger charge is -2.34. The molecule has 1 aromatic heterocycles. The van der Waals surface area contributed by atoms with Crippen molar-refractivity contribution in [2.24, 2.45) is 5.92 Å². The monoisotopic (exact) mass is 474 g/mol. The van der Waals surface area contributed by atoms with Gasteiger partial charge in [-0.1, -0.05) is 42.0 Å². The van der Waals surface area contributed by atoms with Gasteiger partial charge in [-0.05, 0) is 36.8 Å². The second kappa shape index (κ2) is 8.92. The van der Waals surface area contributed by atoms with Crippen LogP contribution in [-0.4, -0.2) is 39.9 Å². The fourth-order valence-corrected chi connectivity index (χ4v) is 5.17. The van der Waals surface area contributed by atoms with E-state index in [9.17, 15) is 22.4 Å². The number of alkyl halides is 3. The molecule has 9 heteroatoms. The van der Waals surface area contributed by atoms with Crippen molar-refractivity contribution in [2.75, 3.05) is 18.4 Å². The lowest BCUT2D eigenvalue weighted by molar-refractivity contribution is -0.173. The van der Waals surface area contributed by atoms with E-state index >= 15 is 0 Å². The fraction of sp³-hybridized carbons (Fsp3) is 0.440. The number of hydrogen-bond acceptors (Lipinski definition) is 3. The molecule has 2 aliphatic heterocycles. The molecule has 3 heterocycles. The Morgan fingerprint density at radius 1 is 1.15 bits per heavy atom. The summed E-state index contributed by atoms with van der Waals surface area (Å²) in [6, 6.07) is 6.55. The van der Waals surface area contributed by atoms with E-state index in [2.05, 4.69) is 10.4 Å². The Balaban J connectivity index is 1.35. The summed E-state index contributed by atoms with van der Waals surface area (Å²) in [6.07, 6.45) is 2.59. The summed E-state index contributed by atoms with van der Waals surface area (Å²) in [4.78, 5) is 15.0. The Morgan fingerprint density at radius 3 is 2.65 bits per heavy atom. The van der Waals surface area contributed by atoms with Gasteiger partial charge >= 0.3 is 6.18 Å². The van der Waals surface area contributed by atoms with Gasteiger partial charge in [-0.15, -0.1) is 0 Å². The van der Waals surface area contributed by atoms with Crippen molar-refractivity contribution >= 4 is 11.7 Å². The topological polar surface area (TPSA) is 50.2 Å². The highest BCUT2D eigenvalue weighted by molar-refractivity contribution is 5.99. The Bertz CT molecular complexity index is 1120. The van der Waals surface area contributed by atoms with Gasteiger partial charge in [0.2, 0.25) is 0 Å². The molecule has 5 nitrogen and oxygen atoms in total. The van der Waals surface area contributed by atoms with Crippen molar-refractivity contribution in [2.45, 2.75) is 50.4 Å². The van der Waals surface area contributed by atoms with Crippen LogP contribution in [0.15, 0.2) is 60.1 Å². The van der Waals surface area contributed by atoms with Gasteiger partial charge in [0.15, 0.2) is 6.04 Å². The maximum absolute atomic E-state index is 13.9. The number of amides is 1. The minimum absolute atomic E-state index is 0.114. The Labute approximate surface area is 195 Å². The Kier molecular flexibility index (Phi) is 5.95. The summed E-state index contributed by atoms with van der Waals surface area (Å²) in [5.74, 6) is -0.0542. The zero-order valence-electron chi connectivity index (χ0n) is 18.6. The number of anilines is 1. The van der Waals surface area contributed by atoms with Crippen LogP contribution in [0, 0.1) is 5.92 Å². The molecular weight excluding hydrogens is 448 g/mol. The Hall–Kier alpha value is -3.10. The van der Waals surface area contributed by atoms with Crippen molar-refractivity contribution in [3.8, 4) is 0 Å². The van der Waals surface area contributed by atoms with Crippen molar-refractivity contribution < 1.29 is 22.4 Å². The number of carbonyl (C=O) groups excluding carboxylic acids is 1. The van der Waals surface area contributed by atoms with Crippen LogP contribution in [0.4, 0.5) is 23.4 Å². The summed E-state index contributed by atoms with van der Waals surface area (Å²) in [7, 11) is 0. The highest BCUT2D eigenvalue weighted by Crippen LogP contribution is 2.44. The number of aromatic nitrogens is 2. The SMILES string of the molecule is O=C(c1cnn2c1NC(c1ccccc1)CC2C(F)(F)F)N1CCC(CC2=CC=C(F)CC2)C1. The maximum atomic E-state index is 13.9. The van der Waals surface area contributed by atoms with Gasteiger partial charge in [-0.2, -0.15) is 18.3 Å². The van der Waals surface area contributed by atoms with E-state index < -0.39 is 18.3 Å². The van der Waals surface area contributed by atoms with E-state index in [0.717, 1.165) is 23.1 Å². The van der Waals surface area contributed by atoms with E-state index in [1.165, 1.54) is 17.8 Å². The summed E-state index contributed by atoms with van der Waals surface area (Å²) in [5.41, 5.74) is 2.07. The molecule has 1 fully saturated rings. The van der Waals surface area contributed by atoms with Crippen LogP contribution in [0.5, 0.6) is 0 Å².